The summed E-state index contributed by atoms with van der Waals surface area (Å²) in [5.74, 6) is 0.133. The normalized spacial score (nSPS) is 18.2. The van der Waals surface area contributed by atoms with Crippen molar-refractivity contribution in [3.63, 3.8) is 0 Å². The van der Waals surface area contributed by atoms with E-state index in [9.17, 15) is 4.79 Å². The van der Waals surface area contributed by atoms with Gasteiger partial charge in [0.2, 0.25) is 0 Å². The van der Waals surface area contributed by atoms with E-state index in [0.717, 1.165) is 38.0 Å². The quantitative estimate of drug-likeness (QED) is 0.942. The number of rotatable bonds is 4. The van der Waals surface area contributed by atoms with E-state index in [0.29, 0.717) is 6.04 Å². The van der Waals surface area contributed by atoms with Crippen LogP contribution in [-0.4, -0.2) is 34.9 Å². The maximum atomic E-state index is 12.5. The number of nitrogens with one attached hydrogen (secondary N) is 1. The van der Waals surface area contributed by atoms with E-state index in [4.69, 9.17) is 0 Å². The lowest BCUT2D eigenvalue weighted by Gasteiger charge is -2.33. The highest BCUT2D eigenvalue weighted by atomic mass is 16.2. The third-order valence-corrected chi connectivity index (χ3v) is 4.05. The third kappa shape index (κ3) is 3.71. The highest BCUT2D eigenvalue weighted by Crippen LogP contribution is 2.14. The Morgan fingerprint density at radius 1 is 1.23 bits per heavy atom. The average Bonchev–Trinajstić information content (AvgIpc) is 2.61. The molecule has 0 radical (unpaired) electrons. The van der Waals surface area contributed by atoms with Crippen molar-refractivity contribution in [2.75, 3.05) is 13.1 Å². The second-order valence-electron chi connectivity index (χ2n) is 5.70. The van der Waals surface area contributed by atoms with Gasteiger partial charge in [-0.15, -0.1) is 0 Å². The zero-order chi connectivity index (χ0) is 15.2. The number of benzene rings is 1. The van der Waals surface area contributed by atoms with Crippen molar-refractivity contribution < 1.29 is 4.79 Å². The first-order chi connectivity index (χ1) is 10.8. The topological polar surface area (TPSA) is 45.2 Å². The minimum Gasteiger partial charge on any atom is -0.337 e. The Bertz CT molecular complexity index is 600. The number of amides is 1. The molecule has 1 aliphatic rings. The van der Waals surface area contributed by atoms with Gasteiger partial charge in [-0.3, -0.25) is 9.78 Å². The fourth-order valence-electron chi connectivity index (χ4n) is 2.86. The van der Waals surface area contributed by atoms with Gasteiger partial charge in [-0.1, -0.05) is 24.3 Å². The number of aromatic nitrogens is 1. The van der Waals surface area contributed by atoms with Gasteiger partial charge in [0, 0.05) is 43.6 Å². The van der Waals surface area contributed by atoms with Crippen molar-refractivity contribution in [1.82, 2.24) is 15.2 Å². The van der Waals surface area contributed by atoms with E-state index in [1.54, 1.807) is 6.20 Å². The summed E-state index contributed by atoms with van der Waals surface area (Å²) in [6, 6.07) is 13.9. The van der Waals surface area contributed by atoms with Gasteiger partial charge in [0.1, 0.15) is 0 Å². The van der Waals surface area contributed by atoms with Gasteiger partial charge in [0.25, 0.3) is 5.91 Å². The molecule has 4 heteroatoms. The fraction of sp³-hybridized carbons (Fsp3) is 0.333. The van der Waals surface area contributed by atoms with Crippen LogP contribution in [0.5, 0.6) is 0 Å². The average molecular weight is 295 g/mol. The van der Waals surface area contributed by atoms with Crippen LogP contribution in [0.25, 0.3) is 0 Å². The summed E-state index contributed by atoms with van der Waals surface area (Å²) in [6.45, 7) is 2.42. The van der Waals surface area contributed by atoms with Crippen molar-refractivity contribution >= 4 is 5.91 Å². The molecule has 1 saturated heterocycles. The standard InChI is InChI=1S/C18H21N3O/c22-18(16-7-2-1-3-8-16)21-11-5-9-17(14-21)20-13-15-6-4-10-19-12-15/h1-4,6-8,10,12,17,20H,5,9,11,13-14H2/t17-/m0/s1. The fourth-order valence-corrected chi connectivity index (χ4v) is 2.86. The predicted octanol–water partition coefficient (Wildman–Crippen LogP) is 2.48. The summed E-state index contributed by atoms with van der Waals surface area (Å²) in [5, 5.41) is 3.54. The maximum absolute atomic E-state index is 12.5. The Morgan fingerprint density at radius 3 is 2.86 bits per heavy atom. The van der Waals surface area contributed by atoms with Gasteiger partial charge in [0.05, 0.1) is 0 Å². The molecule has 0 bridgehead atoms. The summed E-state index contributed by atoms with van der Waals surface area (Å²) < 4.78 is 0. The van der Waals surface area contributed by atoms with Gasteiger partial charge < -0.3 is 10.2 Å². The van der Waals surface area contributed by atoms with Crippen LogP contribution in [0.3, 0.4) is 0 Å². The van der Waals surface area contributed by atoms with Crippen LogP contribution in [0, 0.1) is 0 Å². The summed E-state index contributed by atoms with van der Waals surface area (Å²) in [5.41, 5.74) is 1.95. The molecule has 1 aromatic heterocycles. The second kappa shape index (κ2) is 7.18. The Labute approximate surface area is 131 Å². The summed E-state index contributed by atoms with van der Waals surface area (Å²) in [6.07, 6.45) is 5.81. The number of hydrogen-bond donors (Lipinski definition) is 1. The molecule has 4 nitrogen and oxygen atoms in total. The second-order valence-corrected chi connectivity index (χ2v) is 5.70. The lowest BCUT2D eigenvalue weighted by Crippen LogP contribution is -2.47. The highest BCUT2D eigenvalue weighted by molar-refractivity contribution is 5.94. The molecule has 114 valence electrons. The number of carbonyl (C=O) groups is 1. The zero-order valence-electron chi connectivity index (χ0n) is 12.6. The van der Waals surface area contributed by atoms with Crippen molar-refractivity contribution in [3.8, 4) is 0 Å². The van der Waals surface area contributed by atoms with Gasteiger partial charge in [-0.2, -0.15) is 0 Å². The van der Waals surface area contributed by atoms with E-state index < -0.39 is 0 Å². The molecule has 1 atom stereocenters. The van der Waals surface area contributed by atoms with E-state index in [1.165, 1.54) is 5.56 Å². The largest absolute Gasteiger partial charge is 0.337 e. The number of pyridine rings is 1. The van der Waals surface area contributed by atoms with Gasteiger partial charge in [0.15, 0.2) is 0 Å². The number of likely N-dealkylation sites (tertiary alicyclic amines) is 1. The minimum absolute atomic E-state index is 0.133. The van der Waals surface area contributed by atoms with Crippen LogP contribution < -0.4 is 5.32 Å². The molecular weight excluding hydrogens is 274 g/mol. The molecule has 22 heavy (non-hydrogen) atoms. The van der Waals surface area contributed by atoms with Crippen LogP contribution in [-0.2, 0) is 6.54 Å². The first-order valence-corrected chi connectivity index (χ1v) is 7.79. The van der Waals surface area contributed by atoms with Gasteiger partial charge >= 0.3 is 0 Å². The van der Waals surface area contributed by atoms with Crippen LogP contribution >= 0.6 is 0 Å². The SMILES string of the molecule is O=C(c1ccccc1)N1CCC[C@H](NCc2cccnc2)C1. The van der Waals surface area contributed by atoms with E-state index in [-0.39, 0.29) is 5.91 Å². The van der Waals surface area contributed by atoms with Crippen LogP contribution in [0.15, 0.2) is 54.9 Å². The highest BCUT2D eigenvalue weighted by Gasteiger charge is 2.23. The smallest absolute Gasteiger partial charge is 0.253 e. The number of nitrogens with zero attached hydrogens (tertiary/aromatic N) is 2. The first-order valence-electron chi connectivity index (χ1n) is 7.79. The molecule has 1 N–H and O–H groups in total. The van der Waals surface area contributed by atoms with Crippen LogP contribution in [0.1, 0.15) is 28.8 Å². The lowest BCUT2D eigenvalue weighted by atomic mass is 10.0. The Balaban J connectivity index is 1.56. The minimum atomic E-state index is 0.133. The molecule has 2 heterocycles. The van der Waals surface area contributed by atoms with E-state index in [2.05, 4.69) is 16.4 Å². The number of hydrogen-bond acceptors (Lipinski definition) is 3. The zero-order valence-corrected chi connectivity index (χ0v) is 12.6. The molecule has 1 aromatic carbocycles. The van der Waals surface area contributed by atoms with Crippen molar-refractivity contribution in [3.05, 3.63) is 66.0 Å². The van der Waals surface area contributed by atoms with Crippen molar-refractivity contribution in [2.45, 2.75) is 25.4 Å². The molecule has 1 amide bonds. The first kappa shape index (κ1) is 14.7. The molecule has 0 spiro atoms. The summed E-state index contributed by atoms with van der Waals surface area (Å²) in [7, 11) is 0. The van der Waals surface area contributed by atoms with E-state index >= 15 is 0 Å². The van der Waals surface area contributed by atoms with Crippen LogP contribution in [0.4, 0.5) is 0 Å². The monoisotopic (exact) mass is 295 g/mol. The molecule has 0 saturated carbocycles. The molecular formula is C18H21N3O. The molecule has 1 fully saturated rings. The maximum Gasteiger partial charge on any atom is 0.253 e. The van der Waals surface area contributed by atoms with Gasteiger partial charge in [-0.05, 0) is 36.6 Å². The summed E-state index contributed by atoms with van der Waals surface area (Å²) in [4.78, 5) is 18.6. The molecule has 1 aliphatic heterocycles. The number of piperidine rings is 1. The Hall–Kier alpha value is -2.20. The molecule has 0 unspecified atom stereocenters. The Morgan fingerprint density at radius 2 is 2.09 bits per heavy atom. The van der Waals surface area contributed by atoms with Crippen LogP contribution in [0.2, 0.25) is 0 Å². The van der Waals surface area contributed by atoms with Gasteiger partial charge in [-0.25, -0.2) is 0 Å². The predicted molar refractivity (Wildman–Crippen MR) is 86.4 cm³/mol. The van der Waals surface area contributed by atoms with Crippen molar-refractivity contribution in [2.24, 2.45) is 0 Å². The molecule has 2 aromatic rings. The lowest BCUT2D eigenvalue weighted by molar-refractivity contribution is 0.0694. The number of carbonyl (C=O) groups excluding carboxylic acids is 1. The third-order valence-electron chi connectivity index (χ3n) is 4.05. The molecule has 0 aliphatic carbocycles. The van der Waals surface area contributed by atoms with E-state index in [1.807, 2.05) is 47.5 Å². The molecule has 3 rings (SSSR count). The Kier molecular flexibility index (Phi) is 4.81. The summed E-state index contributed by atoms with van der Waals surface area (Å²) >= 11 is 0. The van der Waals surface area contributed by atoms with Crippen molar-refractivity contribution in [1.29, 1.82) is 0 Å².